The number of amides is 4. The Morgan fingerprint density at radius 2 is 1.74 bits per heavy atom. The first kappa shape index (κ1) is 30.1. The normalized spacial score (nSPS) is 15.0. The molecule has 2 atom stereocenters. The fourth-order valence-corrected chi connectivity index (χ4v) is 5.23. The van der Waals surface area contributed by atoms with Gasteiger partial charge in [0.1, 0.15) is 11.8 Å². The van der Waals surface area contributed by atoms with Gasteiger partial charge in [-0.05, 0) is 60.2 Å². The lowest BCUT2D eigenvalue weighted by Gasteiger charge is -2.26. The average Bonchev–Trinajstić information content (AvgIpc) is 3.45. The van der Waals surface area contributed by atoms with Crippen LogP contribution in [0.15, 0.2) is 66.7 Å². The third-order valence-electron chi connectivity index (χ3n) is 7.29. The van der Waals surface area contributed by atoms with Crippen molar-refractivity contribution in [1.82, 2.24) is 10.2 Å². The van der Waals surface area contributed by atoms with E-state index >= 15 is 0 Å². The molecule has 10 heteroatoms. The van der Waals surface area contributed by atoms with Crippen LogP contribution < -0.4 is 20.7 Å². The van der Waals surface area contributed by atoms with Gasteiger partial charge in [0.2, 0.25) is 11.8 Å². The zero-order valence-electron chi connectivity index (χ0n) is 24.0. The van der Waals surface area contributed by atoms with Gasteiger partial charge in [0.15, 0.2) is 0 Å². The number of hydrogen-bond acceptors (Lipinski definition) is 5. The summed E-state index contributed by atoms with van der Waals surface area (Å²) in [5.41, 5.74) is 4.58. The first-order valence-corrected chi connectivity index (χ1v) is 13.8. The van der Waals surface area contributed by atoms with E-state index in [-0.39, 0.29) is 24.8 Å². The van der Waals surface area contributed by atoms with E-state index in [1.165, 1.54) is 14.0 Å². The standard InChI is InChI=1S/C32H36N4O6/c1-20-8-4-5-11-25(20)34-32(41)35-26-14-13-23(18-29(26)42-3)19-30(38)36-15-7-12-28(36)24-10-6-9-22(16-24)17-27(31(39)40)33-21(2)37/h4-6,8-11,13-14,16,18,27-28H,7,12,15,17,19H2,1-3H3,(H,33,37)(H,39,40)(H2,34,35,41). The molecule has 4 amide bonds. The van der Waals surface area contributed by atoms with Crippen LogP contribution in [-0.2, 0) is 27.2 Å². The maximum atomic E-state index is 13.4. The van der Waals surface area contributed by atoms with Crippen molar-refractivity contribution in [1.29, 1.82) is 0 Å². The Balaban J connectivity index is 1.42. The number of para-hydroxylation sites is 1. The second-order valence-electron chi connectivity index (χ2n) is 10.4. The predicted molar refractivity (Wildman–Crippen MR) is 160 cm³/mol. The van der Waals surface area contributed by atoms with Gasteiger partial charge in [-0.3, -0.25) is 9.59 Å². The van der Waals surface area contributed by atoms with Crippen LogP contribution in [0.25, 0.3) is 0 Å². The number of nitrogens with zero attached hydrogens (tertiary/aromatic N) is 1. The number of aryl methyl sites for hydroxylation is 1. The Morgan fingerprint density at radius 1 is 0.976 bits per heavy atom. The fourth-order valence-electron chi connectivity index (χ4n) is 5.23. The molecule has 4 N–H and O–H groups in total. The Bertz CT molecular complexity index is 1470. The van der Waals surface area contributed by atoms with E-state index in [4.69, 9.17) is 4.74 Å². The number of rotatable bonds is 10. The van der Waals surface area contributed by atoms with Crippen LogP contribution in [0.5, 0.6) is 5.75 Å². The molecule has 42 heavy (non-hydrogen) atoms. The molecule has 3 aromatic carbocycles. The van der Waals surface area contributed by atoms with Crippen molar-refractivity contribution in [2.24, 2.45) is 0 Å². The molecule has 0 radical (unpaired) electrons. The quantitative estimate of drug-likeness (QED) is 0.278. The van der Waals surface area contributed by atoms with Gasteiger partial charge in [0, 0.05) is 25.6 Å². The van der Waals surface area contributed by atoms with Gasteiger partial charge >= 0.3 is 12.0 Å². The van der Waals surface area contributed by atoms with Crippen molar-refractivity contribution in [2.45, 2.75) is 51.6 Å². The number of carboxylic acids is 1. The van der Waals surface area contributed by atoms with Crippen LogP contribution in [0.3, 0.4) is 0 Å². The summed E-state index contributed by atoms with van der Waals surface area (Å²) in [4.78, 5) is 50.9. The summed E-state index contributed by atoms with van der Waals surface area (Å²) in [6.45, 7) is 3.82. The minimum absolute atomic E-state index is 0.0374. The SMILES string of the molecule is COc1cc(CC(=O)N2CCCC2c2cccc(CC(NC(C)=O)C(=O)O)c2)ccc1NC(=O)Nc1ccccc1C. The molecular weight excluding hydrogens is 536 g/mol. The molecule has 2 unspecified atom stereocenters. The number of carbonyl (C=O) groups excluding carboxylic acids is 3. The van der Waals surface area contributed by atoms with E-state index in [9.17, 15) is 24.3 Å². The molecule has 1 saturated heterocycles. The summed E-state index contributed by atoms with van der Waals surface area (Å²) >= 11 is 0. The molecule has 4 rings (SSSR count). The Labute approximate surface area is 245 Å². The summed E-state index contributed by atoms with van der Waals surface area (Å²) in [6, 6.07) is 18.7. The zero-order chi connectivity index (χ0) is 30.2. The summed E-state index contributed by atoms with van der Waals surface area (Å²) in [7, 11) is 1.51. The predicted octanol–water partition coefficient (Wildman–Crippen LogP) is 4.69. The van der Waals surface area contributed by atoms with Crippen molar-refractivity contribution in [3.05, 3.63) is 89.0 Å². The first-order valence-electron chi connectivity index (χ1n) is 13.8. The third kappa shape index (κ3) is 7.66. The molecule has 10 nitrogen and oxygen atoms in total. The van der Waals surface area contributed by atoms with E-state index in [1.807, 2.05) is 60.4 Å². The minimum atomic E-state index is -1.10. The molecule has 1 heterocycles. The van der Waals surface area contributed by atoms with Crippen molar-refractivity contribution >= 4 is 35.2 Å². The third-order valence-corrected chi connectivity index (χ3v) is 7.29. The molecule has 0 saturated carbocycles. The van der Waals surface area contributed by atoms with Crippen LogP contribution in [-0.4, -0.2) is 53.5 Å². The molecule has 0 spiro atoms. The van der Waals surface area contributed by atoms with Gasteiger partial charge in [-0.2, -0.15) is 0 Å². The molecular formula is C32H36N4O6. The highest BCUT2D eigenvalue weighted by atomic mass is 16.5. The van der Waals surface area contributed by atoms with E-state index < -0.39 is 23.9 Å². The second-order valence-corrected chi connectivity index (χ2v) is 10.4. The van der Waals surface area contributed by atoms with Gasteiger partial charge in [-0.15, -0.1) is 0 Å². The van der Waals surface area contributed by atoms with Gasteiger partial charge in [-0.1, -0.05) is 48.5 Å². The molecule has 1 aliphatic heterocycles. The topological polar surface area (TPSA) is 137 Å². The second kappa shape index (κ2) is 13.7. The van der Waals surface area contributed by atoms with Crippen LogP contribution in [0, 0.1) is 6.92 Å². The van der Waals surface area contributed by atoms with E-state index in [2.05, 4.69) is 16.0 Å². The summed E-state index contributed by atoms with van der Waals surface area (Å²) in [5, 5.41) is 17.6. The number of likely N-dealkylation sites (tertiary alicyclic amines) is 1. The molecule has 0 bridgehead atoms. The van der Waals surface area contributed by atoms with Gasteiger partial charge < -0.3 is 30.7 Å². The molecule has 1 aliphatic rings. The van der Waals surface area contributed by atoms with E-state index in [1.54, 1.807) is 18.2 Å². The van der Waals surface area contributed by atoms with Gasteiger partial charge in [0.05, 0.1) is 25.3 Å². The lowest BCUT2D eigenvalue weighted by atomic mass is 9.98. The van der Waals surface area contributed by atoms with E-state index in [0.717, 1.165) is 35.1 Å². The number of aliphatic carboxylic acids is 1. The number of anilines is 2. The number of urea groups is 1. The van der Waals surface area contributed by atoms with E-state index in [0.29, 0.717) is 23.7 Å². The fraction of sp³-hybridized carbons (Fsp3) is 0.312. The van der Waals surface area contributed by atoms with Crippen molar-refractivity contribution in [3.63, 3.8) is 0 Å². The summed E-state index contributed by atoms with van der Waals surface area (Å²) in [5.74, 6) is -1.10. The van der Waals surface area contributed by atoms with Crippen LogP contribution >= 0.6 is 0 Å². The number of nitrogens with one attached hydrogen (secondary N) is 3. The van der Waals surface area contributed by atoms with Gasteiger partial charge in [-0.25, -0.2) is 9.59 Å². The number of hydrogen-bond donors (Lipinski definition) is 4. The Hall–Kier alpha value is -4.86. The Kier molecular flexibility index (Phi) is 9.80. The average molecular weight is 573 g/mol. The van der Waals surface area contributed by atoms with Crippen LogP contribution in [0.1, 0.15) is 48.1 Å². The molecule has 1 fully saturated rings. The lowest BCUT2D eigenvalue weighted by Crippen LogP contribution is -2.41. The van der Waals surface area contributed by atoms with Crippen molar-refractivity contribution in [2.75, 3.05) is 24.3 Å². The molecule has 0 aliphatic carbocycles. The smallest absolute Gasteiger partial charge is 0.326 e. The maximum Gasteiger partial charge on any atom is 0.326 e. The zero-order valence-corrected chi connectivity index (χ0v) is 24.0. The highest BCUT2D eigenvalue weighted by Gasteiger charge is 2.30. The molecule has 3 aromatic rings. The highest BCUT2D eigenvalue weighted by Crippen LogP contribution is 2.34. The summed E-state index contributed by atoms with van der Waals surface area (Å²) < 4.78 is 5.51. The maximum absolute atomic E-state index is 13.4. The van der Waals surface area contributed by atoms with Crippen molar-refractivity contribution < 1.29 is 29.0 Å². The van der Waals surface area contributed by atoms with Gasteiger partial charge in [0.25, 0.3) is 0 Å². The first-order chi connectivity index (χ1) is 20.1. The molecule has 220 valence electrons. The Morgan fingerprint density at radius 3 is 2.45 bits per heavy atom. The molecule has 0 aromatic heterocycles. The number of benzene rings is 3. The van der Waals surface area contributed by atoms with Crippen molar-refractivity contribution in [3.8, 4) is 5.75 Å². The summed E-state index contributed by atoms with van der Waals surface area (Å²) in [6.07, 6.45) is 1.95. The van der Waals surface area contributed by atoms with Crippen LogP contribution in [0.2, 0.25) is 0 Å². The minimum Gasteiger partial charge on any atom is -0.495 e. The highest BCUT2D eigenvalue weighted by molar-refractivity contribution is 6.01. The number of ether oxygens (including phenoxy) is 1. The monoisotopic (exact) mass is 572 g/mol. The lowest BCUT2D eigenvalue weighted by molar-refractivity contribution is -0.141. The number of carbonyl (C=O) groups is 4. The number of carboxylic acid groups (broad SMARTS) is 1. The largest absolute Gasteiger partial charge is 0.495 e. The van der Waals surface area contributed by atoms with Crippen LogP contribution in [0.4, 0.5) is 16.2 Å². The number of methoxy groups -OCH3 is 1.